The third-order valence-electron chi connectivity index (χ3n) is 4.66. The number of rotatable bonds is 11. The highest BCUT2D eigenvalue weighted by Crippen LogP contribution is 2.17. The molecule has 2 N–H and O–H groups in total. The first-order chi connectivity index (χ1) is 15.6. The second-order valence-corrected chi connectivity index (χ2v) is 11.7. The molecule has 0 radical (unpaired) electrons. The topological polar surface area (TPSA) is 123 Å². The van der Waals surface area contributed by atoms with Gasteiger partial charge in [-0.05, 0) is 54.4 Å². The molecule has 0 saturated heterocycles. The Labute approximate surface area is 197 Å². The normalized spacial score (nSPS) is 11.8. The fourth-order valence-electron chi connectivity index (χ4n) is 2.97. The van der Waals surface area contributed by atoms with E-state index < -0.39 is 25.8 Å². The first kappa shape index (κ1) is 24.8. The number of halogens is 1. The molecule has 0 unspecified atom stereocenters. The van der Waals surface area contributed by atoms with Crippen LogP contribution >= 0.6 is 11.6 Å². The van der Waals surface area contributed by atoms with Crippen LogP contribution in [0.2, 0.25) is 5.02 Å². The number of furan rings is 1. The van der Waals surface area contributed by atoms with E-state index in [1.54, 1.807) is 36.4 Å². The third-order valence-corrected chi connectivity index (χ3v) is 7.87. The molecule has 0 aliphatic rings. The molecule has 8 nitrogen and oxygen atoms in total. The lowest BCUT2D eigenvalue weighted by Crippen LogP contribution is -2.29. The van der Waals surface area contributed by atoms with E-state index in [0.29, 0.717) is 16.5 Å². The zero-order chi connectivity index (χ0) is 23.9. The van der Waals surface area contributed by atoms with Gasteiger partial charge in [0.1, 0.15) is 11.5 Å². The molecule has 1 amide bonds. The van der Waals surface area contributed by atoms with Crippen molar-refractivity contribution in [3.05, 3.63) is 88.8 Å². The molecular formula is C22H23ClN2O6S2. The van der Waals surface area contributed by atoms with Gasteiger partial charge in [-0.15, -0.1) is 0 Å². The summed E-state index contributed by atoms with van der Waals surface area (Å²) >= 11 is 6.06. The Morgan fingerprint density at radius 3 is 2.30 bits per heavy atom. The van der Waals surface area contributed by atoms with Crippen LogP contribution in [-0.2, 0) is 32.0 Å². The molecule has 11 heteroatoms. The molecule has 0 atom stereocenters. The lowest BCUT2D eigenvalue weighted by Gasteiger charge is -2.10. The van der Waals surface area contributed by atoms with Crippen molar-refractivity contribution in [2.75, 3.05) is 22.8 Å². The van der Waals surface area contributed by atoms with Gasteiger partial charge < -0.3 is 9.73 Å². The van der Waals surface area contributed by atoms with E-state index in [-0.39, 0.29) is 35.8 Å². The van der Waals surface area contributed by atoms with E-state index >= 15 is 0 Å². The van der Waals surface area contributed by atoms with Crippen molar-refractivity contribution in [1.82, 2.24) is 5.32 Å². The first-order valence-corrected chi connectivity index (χ1v) is 13.8. The van der Waals surface area contributed by atoms with Crippen LogP contribution in [0, 0.1) is 0 Å². The molecule has 3 aromatic rings. The van der Waals surface area contributed by atoms with Gasteiger partial charge in [0.25, 0.3) is 5.91 Å². The molecule has 176 valence electrons. The van der Waals surface area contributed by atoms with Crippen molar-refractivity contribution in [3.8, 4) is 0 Å². The number of hydrogen-bond acceptors (Lipinski definition) is 6. The van der Waals surface area contributed by atoms with Crippen molar-refractivity contribution in [2.24, 2.45) is 0 Å². The van der Waals surface area contributed by atoms with Crippen LogP contribution in [0.3, 0.4) is 0 Å². The van der Waals surface area contributed by atoms with Gasteiger partial charge >= 0.3 is 0 Å². The van der Waals surface area contributed by atoms with Gasteiger partial charge in [-0.1, -0.05) is 29.8 Å². The summed E-state index contributed by atoms with van der Waals surface area (Å²) in [6.07, 6.45) is 1.66. The molecule has 1 heterocycles. The molecule has 1 aromatic heterocycles. The number of hydrogen-bond donors (Lipinski definition) is 2. The van der Waals surface area contributed by atoms with Gasteiger partial charge in [0.05, 0.1) is 17.8 Å². The maximum Gasteiger partial charge on any atom is 0.251 e. The highest BCUT2D eigenvalue weighted by Gasteiger charge is 2.16. The summed E-state index contributed by atoms with van der Waals surface area (Å²) in [7, 11) is -7.05. The molecule has 3 rings (SSSR count). The van der Waals surface area contributed by atoms with E-state index in [0.717, 1.165) is 5.56 Å². The third kappa shape index (κ3) is 7.92. The van der Waals surface area contributed by atoms with Gasteiger partial charge in [-0.2, -0.15) is 0 Å². The summed E-state index contributed by atoms with van der Waals surface area (Å²) in [6, 6.07) is 16.1. The molecule has 0 fully saturated rings. The predicted octanol–water partition coefficient (Wildman–Crippen LogP) is 3.26. The number of sulfone groups is 1. The number of anilines is 1. The average Bonchev–Trinajstić information content (AvgIpc) is 3.25. The minimum absolute atomic E-state index is 0.0572. The van der Waals surface area contributed by atoms with Crippen LogP contribution in [0.15, 0.2) is 71.3 Å². The first-order valence-electron chi connectivity index (χ1n) is 9.98. The van der Waals surface area contributed by atoms with E-state index in [1.165, 1.54) is 30.5 Å². The summed E-state index contributed by atoms with van der Waals surface area (Å²) in [5, 5.41) is 3.06. The number of sulfonamides is 1. The number of benzene rings is 2. The van der Waals surface area contributed by atoms with E-state index in [9.17, 15) is 21.6 Å². The average molecular weight is 511 g/mol. The Bertz CT molecular complexity index is 1290. The summed E-state index contributed by atoms with van der Waals surface area (Å²) in [5.74, 6) is -0.738. The van der Waals surface area contributed by atoms with Crippen molar-refractivity contribution in [2.45, 2.75) is 12.2 Å². The Hall–Kier alpha value is -2.82. The molecule has 0 aliphatic heterocycles. The zero-order valence-electron chi connectivity index (χ0n) is 17.5. The van der Waals surface area contributed by atoms with Crippen LogP contribution in [-0.4, -0.2) is 40.8 Å². The minimum atomic E-state index is -3.62. The Morgan fingerprint density at radius 2 is 1.64 bits per heavy atom. The minimum Gasteiger partial charge on any atom is -0.468 e. The smallest absolute Gasteiger partial charge is 0.251 e. The van der Waals surface area contributed by atoms with Crippen LogP contribution < -0.4 is 10.0 Å². The summed E-state index contributed by atoms with van der Waals surface area (Å²) in [6.45, 7) is -0.0572. The van der Waals surface area contributed by atoms with E-state index in [1.807, 2.05) is 0 Å². The van der Waals surface area contributed by atoms with Crippen molar-refractivity contribution in [3.63, 3.8) is 0 Å². The molecule has 33 heavy (non-hydrogen) atoms. The highest BCUT2D eigenvalue weighted by molar-refractivity contribution is 7.92. The van der Waals surface area contributed by atoms with Crippen LogP contribution in [0.5, 0.6) is 0 Å². The summed E-state index contributed by atoms with van der Waals surface area (Å²) < 4.78 is 56.4. The molecule has 0 saturated carbocycles. The van der Waals surface area contributed by atoms with Gasteiger partial charge in [-0.25, -0.2) is 16.8 Å². The monoisotopic (exact) mass is 510 g/mol. The van der Waals surface area contributed by atoms with Crippen LogP contribution in [0.4, 0.5) is 5.69 Å². The Balaban J connectivity index is 1.48. The van der Waals surface area contributed by atoms with Gasteiger partial charge in [-0.3, -0.25) is 9.52 Å². The second-order valence-electron chi connectivity index (χ2n) is 7.27. The largest absolute Gasteiger partial charge is 0.468 e. The lowest BCUT2D eigenvalue weighted by atomic mass is 10.2. The van der Waals surface area contributed by atoms with E-state index in [2.05, 4.69) is 10.0 Å². The maximum atomic E-state index is 12.4. The quantitative estimate of drug-likeness (QED) is 0.408. The molecule has 0 aliphatic carbocycles. The van der Waals surface area contributed by atoms with Crippen molar-refractivity contribution < 1.29 is 26.0 Å². The molecule has 0 spiro atoms. The SMILES string of the molecule is O=C(NCCS(=O)(=O)Cc1ccco1)c1ccc(NS(=O)(=O)CCc2ccccc2Cl)cc1. The Morgan fingerprint density at radius 1 is 0.909 bits per heavy atom. The lowest BCUT2D eigenvalue weighted by molar-refractivity contribution is 0.0956. The van der Waals surface area contributed by atoms with Crippen molar-refractivity contribution >= 4 is 43.1 Å². The van der Waals surface area contributed by atoms with Crippen molar-refractivity contribution in [1.29, 1.82) is 0 Å². The maximum absolute atomic E-state index is 12.4. The number of aryl methyl sites for hydroxylation is 1. The fourth-order valence-corrected chi connectivity index (χ4v) is 5.44. The van der Waals surface area contributed by atoms with Gasteiger partial charge in [0.15, 0.2) is 9.84 Å². The zero-order valence-corrected chi connectivity index (χ0v) is 19.9. The number of carbonyl (C=O) groups excluding carboxylic acids is 1. The van der Waals surface area contributed by atoms with E-state index in [4.69, 9.17) is 16.0 Å². The second kappa shape index (κ2) is 10.9. The van der Waals surface area contributed by atoms with Crippen LogP contribution in [0.25, 0.3) is 0 Å². The standard InChI is InChI=1S/C22H23ClN2O6S2/c23-21-6-2-1-4-17(21)11-14-33(29,30)25-19-9-7-18(8-10-19)22(26)24-12-15-32(27,28)16-20-5-3-13-31-20/h1-10,13,25H,11-12,14-16H2,(H,24,26). The van der Waals surface area contributed by atoms with Crippen LogP contribution in [0.1, 0.15) is 21.7 Å². The highest BCUT2D eigenvalue weighted by atomic mass is 35.5. The predicted molar refractivity (Wildman–Crippen MR) is 128 cm³/mol. The summed E-state index contributed by atoms with van der Waals surface area (Å²) in [5.41, 5.74) is 1.33. The number of carbonyl (C=O) groups is 1. The van der Waals surface area contributed by atoms with Gasteiger partial charge in [0.2, 0.25) is 10.0 Å². The Kier molecular flexibility index (Phi) is 8.17. The summed E-state index contributed by atoms with van der Waals surface area (Å²) in [4.78, 5) is 12.3. The molecular weight excluding hydrogens is 488 g/mol. The number of nitrogens with one attached hydrogen (secondary N) is 2. The molecule has 0 bridgehead atoms. The van der Waals surface area contributed by atoms with Gasteiger partial charge in [0, 0.05) is 22.8 Å². The molecule has 2 aromatic carbocycles. The number of amides is 1. The fraction of sp³-hybridized carbons (Fsp3) is 0.227.